The number of aromatic nitrogens is 5. The molecule has 6 aromatic rings. The quantitative estimate of drug-likeness (QED) is 0.169. The number of para-hydroxylation sites is 1. The van der Waals surface area contributed by atoms with Gasteiger partial charge in [-0.05, 0) is 93.4 Å². The third-order valence-corrected chi connectivity index (χ3v) is 7.88. The molecule has 3 heterocycles. The van der Waals surface area contributed by atoms with E-state index in [4.69, 9.17) is 14.6 Å². The summed E-state index contributed by atoms with van der Waals surface area (Å²) >= 11 is 1.31. The van der Waals surface area contributed by atoms with Crippen molar-refractivity contribution in [1.29, 1.82) is 0 Å². The Balaban J connectivity index is 1.37. The zero-order valence-corrected chi connectivity index (χ0v) is 25.5. The van der Waals surface area contributed by atoms with Crippen LogP contribution in [0, 0.1) is 6.92 Å². The number of hydrogen-bond donors (Lipinski definition) is 0. The van der Waals surface area contributed by atoms with Crippen LogP contribution in [0.5, 0.6) is 11.5 Å². The van der Waals surface area contributed by atoms with E-state index in [1.807, 2.05) is 104 Å². The van der Waals surface area contributed by atoms with Crippen molar-refractivity contribution in [2.75, 3.05) is 6.61 Å². The number of fused-ring (bicyclic) bond motifs is 1. The first-order chi connectivity index (χ1) is 20.9. The van der Waals surface area contributed by atoms with Crippen LogP contribution in [0.4, 0.5) is 0 Å². The number of benzene rings is 3. The van der Waals surface area contributed by atoms with Gasteiger partial charge in [-0.2, -0.15) is 14.6 Å². The maximum atomic E-state index is 13.5. The molecule has 0 fully saturated rings. The van der Waals surface area contributed by atoms with Crippen LogP contribution in [0.3, 0.4) is 0 Å². The summed E-state index contributed by atoms with van der Waals surface area (Å²) in [6.07, 6.45) is 6.00. The highest BCUT2D eigenvalue weighted by Crippen LogP contribution is 2.29. The van der Waals surface area contributed by atoms with Crippen LogP contribution in [0.25, 0.3) is 39.4 Å². The van der Waals surface area contributed by atoms with E-state index < -0.39 is 0 Å². The molecule has 43 heavy (non-hydrogen) atoms. The second-order valence-electron chi connectivity index (χ2n) is 10.6. The minimum Gasteiger partial charge on any atom is -0.494 e. The molecule has 0 N–H and O–H groups in total. The van der Waals surface area contributed by atoms with Gasteiger partial charge in [0.25, 0.3) is 5.56 Å². The zero-order chi connectivity index (χ0) is 29.9. The van der Waals surface area contributed by atoms with Gasteiger partial charge >= 0.3 is 0 Å². The summed E-state index contributed by atoms with van der Waals surface area (Å²) in [7, 11) is 0. The van der Waals surface area contributed by atoms with Gasteiger partial charge in [-0.25, -0.2) is 4.68 Å². The smallest absolute Gasteiger partial charge is 0.291 e. The molecule has 0 unspecified atom stereocenters. The van der Waals surface area contributed by atoms with Gasteiger partial charge < -0.3 is 9.47 Å². The molecule has 0 spiro atoms. The lowest BCUT2D eigenvalue weighted by Crippen LogP contribution is -2.23. The summed E-state index contributed by atoms with van der Waals surface area (Å²) < 4.78 is 15.5. The Labute approximate surface area is 253 Å². The number of ether oxygens (including phenoxy) is 2. The van der Waals surface area contributed by atoms with E-state index in [0.29, 0.717) is 21.9 Å². The van der Waals surface area contributed by atoms with Gasteiger partial charge in [0.05, 0.1) is 22.9 Å². The number of hydrogen-bond acceptors (Lipinski definition) is 7. The summed E-state index contributed by atoms with van der Waals surface area (Å²) in [4.78, 5) is 18.7. The topological polar surface area (TPSA) is 83.5 Å². The summed E-state index contributed by atoms with van der Waals surface area (Å²) in [6.45, 7) is 8.88. The van der Waals surface area contributed by atoms with Crippen LogP contribution in [-0.2, 0) is 0 Å². The molecular weight excluding hydrogens is 558 g/mol. The van der Waals surface area contributed by atoms with Gasteiger partial charge in [-0.15, -0.1) is 5.10 Å². The van der Waals surface area contributed by atoms with E-state index in [1.165, 1.54) is 15.9 Å². The lowest BCUT2D eigenvalue weighted by Gasteiger charge is -2.13. The third kappa shape index (κ3) is 6.08. The highest BCUT2D eigenvalue weighted by atomic mass is 32.1. The summed E-state index contributed by atoms with van der Waals surface area (Å²) in [6, 6.07) is 23.6. The molecule has 0 atom stereocenters. The fraction of sp³-hybridized carbons (Fsp3) is 0.235. The van der Waals surface area contributed by atoms with Crippen molar-refractivity contribution < 1.29 is 9.47 Å². The van der Waals surface area contributed by atoms with Gasteiger partial charge in [0.2, 0.25) is 4.96 Å². The van der Waals surface area contributed by atoms with Gasteiger partial charge in [0, 0.05) is 22.9 Å². The lowest BCUT2D eigenvalue weighted by atomic mass is 10.0. The molecule has 0 bridgehead atoms. The fourth-order valence-corrected chi connectivity index (χ4v) is 5.64. The van der Waals surface area contributed by atoms with E-state index in [1.54, 1.807) is 0 Å². The maximum Gasteiger partial charge on any atom is 0.291 e. The predicted octanol–water partition coefficient (Wildman–Crippen LogP) is 6.49. The van der Waals surface area contributed by atoms with Crippen LogP contribution in [0.1, 0.15) is 44.7 Å². The molecule has 0 saturated heterocycles. The van der Waals surface area contributed by atoms with Crippen molar-refractivity contribution in [2.24, 2.45) is 0 Å². The Bertz CT molecular complexity index is 1970. The summed E-state index contributed by atoms with van der Waals surface area (Å²) in [5, 5.41) is 9.47. The molecule has 0 aliphatic heterocycles. The second-order valence-corrected chi connectivity index (χ2v) is 11.6. The number of nitrogens with zero attached hydrogens (tertiary/aromatic N) is 5. The minimum absolute atomic E-state index is 0.0806. The van der Waals surface area contributed by atoms with Crippen LogP contribution in [0.15, 0.2) is 83.8 Å². The monoisotopic (exact) mass is 591 g/mol. The molecule has 218 valence electrons. The molecule has 0 amide bonds. The Hall–Kier alpha value is -4.76. The molecular formula is C34H33N5O3S. The Morgan fingerprint density at radius 1 is 0.977 bits per heavy atom. The number of rotatable bonds is 10. The molecule has 3 aromatic carbocycles. The standard InChI is InChI=1S/C34H33N5O3S/c1-5-6-18-41-28-15-12-24(13-16-28)32-35-34-39(37-32)33(40)30(43-34)20-26-21-38(27-10-8-7-9-11-27)36-31(26)25-14-17-29(23(4)19-25)42-22(2)3/h7-17,19-22H,5-6,18H2,1-4H3. The Kier molecular flexibility index (Phi) is 8.07. The zero-order valence-electron chi connectivity index (χ0n) is 24.7. The Morgan fingerprint density at radius 2 is 1.74 bits per heavy atom. The van der Waals surface area contributed by atoms with Crippen molar-refractivity contribution >= 4 is 22.4 Å². The van der Waals surface area contributed by atoms with E-state index in [2.05, 4.69) is 23.1 Å². The molecule has 6 rings (SSSR count). The highest BCUT2D eigenvalue weighted by molar-refractivity contribution is 7.15. The van der Waals surface area contributed by atoms with Crippen LogP contribution >= 0.6 is 11.3 Å². The van der Waals surface area contributed by atoms with E-state index in [-0.39, 0.29) is 11.7 Å². The maximum absolute atomic E-state index is 13.5. The second kappa shape index (κ2) is 12.2. The molecule has 0 saturated carbocycles. The van der Waals surface area contributed by atoms with Crippen molar-refractivity contribution in [3.63, 3.8) is 0 Å². The van der Waals surface area contributed by atoms with E-state index in [9.17, 15) is 4.79 Å². The van der Waals surface area contributed by atoms with Gasteiger partial charge in [-0.3, -0.25) is 4.79 Å². The average Bonchev–Trinajstić information content (AvgIpc) is 3.70. The van der Waals surface area contributed by atoms with E-state index >= 15 is 0 Å². The normalized spacial score (nSPS) is 12.0. The van der Waals surface area contributed by atoms with E-state index in [0.717, 1.165) is 58.0 Å². The first kappa shape index (κ1) is 28.4. The summed E-state index contributed by atoms with van der Waals surface area (Å²) in [5.74, 6) is 2.16. The van der Waals surface area contributed by atoms with Crippen molar-refractivity contribution in [3.8, 4) is 39.8 Å². The van der Waals surface area contributed by atoms with Gasteiger partial charge in [0.1, 0.15) is 17.2 Å². The molecule has 0 radical (unpaired) electrons. The lowest BCUT2D eigenvalue weighted by molar-refractivity contribution is 0.241. The van der Waals surface area contributed by atoms with Gasteiger partial charge in [-0.1, -0.05) is 42.9 Å². The van der Waals surface area contributed by atoms with Crippen molar-refractivity contribution in [3.05, 3.63) is 105 Å². The fourth-order valence-electron chi connectivity index (χ4n) is 4.74. The average molecular weight is 592 g/mol. The minimum atomic E-state index is -0.214. The van der Waals surface area contributed by atoms with Crippen LogP contribution < -0.4 is 19.6 Å². The third-order valence-electron chi connectivity index (χ3n) is 6.92. The molecule has 0 aliphatic carbocycles. The Morgan fingerprint density at radius 3 is 2.44 bits per heavy atom. The first-order valence-electron chi connectivity index (χ1n) is 14.5. The van der Waals surface area contributed by atoms with Crippen LogP contribution in [-0.4, -0.2) is 37.1 Å². The molecule has 0 aliphatic rings. The number of thiazole rings is 1. The van der Waals surface area contributed by atoms with Crippen LogP contribution in [0.2, 0.25) is 0 Å². The predicted molar refractivity (Wildman–Crippen MR) is 171 cm³/mol. The summed E-state index contributed by atoms with van der Waals surface area (Å²) in [5.41, 5.74) is 5.08. The highest BCUT2D eigenvalue weighted by Gasteiger charge is 2.16. The van der Waals surface area contributed by atoms with Crippen molar-refractivity contribution in [2.45, 2.75) is 46.6 Å². The number of aryl methyl sites for hydroxylation is 1. The molecule has 3 aromatic heterocycles. The first-order valence-corrected chi connectivity index (χ1v) is 15.3. The van der Waals surface area contributed by atoms with Gasteiger partial charge in [0.15, 0.2) is 5.82 Å². The molecule has 8 nitrogen and oxygen atoms in total. The number of unbranched alkanes of at least 4 members (excludes halogenated alkanes) is 1. The largest absolute Gasteiger partial charge is 0.494 e. The SMILES string of the molecule is CCCCOc1ccc(-c2nc3sc(=Cc4cn(-c5ccccc5)nc4-c4ccc(OC(C)C)c(C)c4)c(=O)n3n2)cc1. The molecule has 9 heteroatoms. The van der Waals surface area contributed by atoms with Crippen molar-refractivity contribution in [1.82, 2.24) is 24.4 Å².